The van der Waals surface area contributed by atoms with Crippen molar-refractivity contribution in [2.75, 3.05) is 19.1 Å². The largest absolute Gasteiger partial charge is 0.466 e. The number of nitrogens with zero attached hydrogens (tertiary/aromatic N) is 3. The third-order valence-corrected chi connectivity index (χ3v) is 5.61. The van der Waals surface area contributed by atoms with E-state index < -0.39 is 74.2 Å². The topological polar surface area (TPSA) is 73.7 Å². The number of hydrogen-bond donors (Lipinski definition) is 0. The van der Waals surface area contributed by atoms with E-state index in [-0.39, 0.29) is 17.0 Å². The number of anilines is 2. The first-order valence-corrected chi connectivity index (χ1v) is 10.2. The third kappa shape index (κ3) is 5.72. The van der Waals surface area contributed by atoms with E-state index in [0.717, 1.165) is 21.3 Å². The van der Waals surface area contributed by atoms with E-state index >= 15 is 0 Å². The van der Waals surface area contributed by atoms with Crippen molar-refractivity contribution in [1.29, 1.82) is 0 Å². The second-order valence-electron chi connectivity index (χ2n) is 6.77. The van der Waals surface area contributed by atoms with E-state index in [1.165, 1.54) is 0 Å². The summed E-state index contributed by atoms with van der Waals surface area (Å²) in [5.74, 6) is -2.74. The second-order valence-corrected chi connectivity index (χ2v) is 7.94. The van der Waals surface area contributed by atoms with Crippen LogP contribution in [0.25, 0.3) is 0 Å². The molecule has 0 aliphatic heterocycles. The molecule has 18 heteroatoms. The maximum Gasteiger partial charge on any atom is 0.434 e. The molecule has 0 aliphatic rings. The van der Waals surface area contributed by atoms with Gasteiger partial charge in [0.25, 0.3) is 5.56 Å². The minimum atomic E-state index is -5.48. The first kappa shape index (κ1) is 29.7. The molecular weight excluding hydrogens is 609 g/mol. The van der Waals surface area contributed by atoms with Crippen LogP contribution in [-0.2, 0) is 39.8 Å². The van der Waals surface area contributed by atoms with Crippen LogP contribution in [0.4, 0.5) is 51.1 Å². The molecule has 0 saturated carbocycles. The summed E-state index contributed by atoms with van der Waals surface area (Å²) in [6.07, 6.45) is -18.6. The molecule has 0 N–H and O–H groups in total. The Morgan fingerprint density at radius 3 is 2.03 bits per heavy atom. The average molecular weight is 621 g/mol. The lowest BCUT2D eigenvalue weighted by Crippen LogP contribution is -2.44. The molecule has 0 spiro atoms. The summed E-state index contributed by atoms with van der Waals surface area (Å²) in [5, 5.41) is -1.47. The molecular formula is C18H12BrClF9N3O4. The minimum absolute atomic E-state index is 0.0218. The lowest BCUT2D eigenvalue weighted by Gasteiger charge is -2.32. The predicted octanol–water partition coefficient (Wildman–Crippen LogP) is 5.54. The van der Waals surface area contributed by atoms with Crippen molar-refractivity contribution < 1.29 is 53.8 Å². The van der Waals surface area contributed by atoms with Crippen molar-refractivity contribution in [2.45, 2.75) is 24.8 Å². The van der Waals surface area contributed by atoms with Gasteiger partial charge in [-0.1, -0.05) is 11.6 Å². The van der Waals surface area contributed by atoms with Crippen LogP contribution in [-0.4, -0.2) is 36.0 Å². The number of alkyl halides is 9. The Morgan fingerprint density at radius 1 is 1.06 bits per heavy atom. The Morgan fingerprint density at radius 2 is 1.61 bits per heavy atom. The van der Waals surface area contributed by atoms with Crippen LogP contribution < -0.4 is 10.5 Å². The number of methoxy groups -OCH3 is 2. The van der Waals surface area contributed by atoms with E-state index in [0.29, 0.717) is 4.57 Å². The van der Waals surface area contributed by atoms with Gasteiger partial charge >= 0.3 is 24.5 Å². The van der Waals surface area contributed by atoms with Crippen molar-refractivity contribution in [3.8, 4) is 0 Å². The van der Waals surface area contributed by atoms with Crippen molar-refractivity contribution in [1.82, 2.24) is 9.55 Å². The fourth-order valence-corrected chi connectivity index (χ4v) is 3.75. The van der Waals surface area contributed by atoms with Crippen LogP contribution in [0.5, 0.6) is 0 Å². The van der Waals surface area contributed by atoms with Crippen molar-refractivity contribution >= 4 is 45.1 Å². The summed E-state index contributed by atoms with van der Waals surface area (Å²) in [7, 11) is 2.28. The van der Waals surface area contributed by atoms with Crippen LogP contribution in [0.2, 0.25) is 5.02 Å². The highest BCUT2D eigenvalue weighted by molar-refractivity contribution is 9.10. The Bertz CT molecular complexity index is 1230. The average Bonchev–Trinajstić information content (AvgIpc) is 2.74. The quantitative estimate of drug-likeness (QED) is 0.249. The zero-order valence-corrected chi connectivity index (χ0v) is 20.2. The molecule has 36 heavy (non-hydrogen) atoms. The molecule has 0 radical (unpaired) electrons. The van der Waals surface area contributed by atoms with Crippen LogP contribution in [0.1, 0.15) is 16.8 Å². The highest BCUT2D eigenvalue weighted by Crippen LogP contribution is 2.46. The number of esters is 1. The predicted molar refractivity (Wildman–Crippen MR) is 109 cm³/mol. The normalized spacial score (nSPS) is 13.5. The molecule has 1 unspecified atom stereocenters. The van der Waals surface area contributed by atoms with Gasteiger partial charge in [0.1, 0.15) is 4.47 Å². The van der Waals surface area contributed by atoms with E-state index in [2.05, 4.69) is 25.7 Å². The van der Waals surface area contributed by atoms with Gasteiger partial charge in [-0.25, -0.2) is 9.78 Å². The van der Waals surface area contributed by atoms with E-state index in [9.17, 15) is 49.1 Å². The molecule has 0 aliphatic carbocycles. The lowest BCUT2D eigenvalue weighted by atomic mass is 10.1. The van der Waals surface area contributed by atoms with Crippen LogP contribution in [0.15, 0.2) is 21.4 Å². The SMILES string of the molecule is COC(=O)C(OC)N(c1cc(C(F)(F)F)cc(C(F)(F)F)c1Cl)c1nc(C(F)(F)F)c(Br)c(=O)n1C. The van der Waals surface area contributed by atoms with Gasteiger partial charge in [0.05, 0.1) is 28.9 Å². The first-order chi connectivity index (χ1) is 16.3. The molecule has 1 aromatic heterocycles. The van der Waals surface area contributed by atoms with Crippen LogP contribution >= 0.6 is 27.5 Å². The number of aromatic nitrogens is 2. The molecule has 2 rings (SSSR count). The highest BCUT2D eigenvalue weighted by Gasteiger charge is 2.44. The lowest BCUT2D eigenvalue weighted by molar-refractivity contribution is -0.151. The molecule has 2 aromatic rings. The fraction of sp³-hybridized carbons (Fsp3) is 0.389. The molecule has 0 saturated heterocycles. The van der Waals surface area contributed by atoms with E-state index in [4.69, 9.17) is 16.3 Å². The van der Waals surface area contributed by atoms with Gasteiger partial charge in [-0.05, 0) is 28.1 Å². The summed E-state index contributed by atoms with van der Waals surface area (Å²) in [5.41, 5.74) is -8.65. The molecule has 1 heterocycles. The van der Waals surface area contributed by atoms with Crippen molar-refractivity contribution in [3.05, 3.63) is 48.8 Å². The van der Waals surface area contributed by atoms with E-state index in [1.54, 1.807) is 0 Å². The number of benzene rings is 1. The molecule has 0 fully saturated rings. The summed E-state index contributed by atoms with van der Waals surface area (Å²) in [4.78, 5) is 28.1. The summed E-state index contributed by atoms with van der Waals surface area (Å²) >= 11 is 8.19. The molecule has 200 valence electrons. The fourth-order valence-electron chi connectivity index (χ4n) is 2.87. The van der Waals surface area contributed by atoms with Gasteiger partial charge in [-0.2, -0.15) is 39.5 Å². The number of hydrogen-bond acceptors (Lipinski definition) is 6. The number of carbonyl (C=O) groups excluding carboxylic acids is 1. The maximum atomic E-state index is 13.6. The number of rotatable bonds is 5. The maximum absolute atomic E-state index is 13.6. The molecule has 1 atom stereocenters. The van der Waals surface area contributed by atoms with Gasteiger partial charge in [-0.15, -0.1) is 0 Å². The van der Waals surface area contributed by atoms with E-state index in [1.807, 2.05) is 0 Å². The van der Waals surface area contributed by atoms with Crippen LogP contribution in [0, 0.1) is 0 Å². The minimum Gasteiger partial charge on any atom is -0.466 e. The molecule has 1 aromatic carbocycles. The Kier molecular flexibility index (Phi) is 8.32. The van der Waals surface area contributed by atoms with Gasteiger partial charge in [0, 0.05) is 14.2 Å². The summed E-state index contributed by atoms with van der Waals surface area (Å²) < 4.78 is 130. The molecule has 0 amide bonds. The standard InChI is InChI=1S/C18H12BrClF9N3O4/c1-31-12(33)9(19)11(18(27,28)29)30-15(31)32(13(35-2)14(34)36-3)8-5-6(16(21,22)23)4-7(10(8)20)17(24,25)26/h4-5,13H,1-3H3. The molecule has 7 nitrogen and oxygen atoms in total. The summed E-state index contributed by atoms with van der Waals surface area (Å²) in [6.45, 7) is 0. The number of carbonyl (C=O) groups is 1. The van der Waals surface area contributed by atoms with Gasteiger partial charge in [0.2, 0.25) is 12.2 Å². The van der Waals surface area contributed by atoms with Crippen molar-refractivity contribution in [2.24, 2.45) is 7.05 Å². The van der Waals surface area contributed by atoms with Gasteiger partial charge in [-0.3, -0.25) is 14.3 Å². The zero-order valence-electron chi connectivity index (χ0n) is 17.9. The van der Waals surface area contributed by atoms with Gasteiger partial charge in [0.15, 0.2) is 5.69 Å². The Labute approximate surface area is 208 Å². The third-order valence-electron chi connectivity index (χ3n) is 4.50. The number of ether oxygens (including phenoxy) is 2. The molecule has 0 bridgehead atoms. The highest BCUT2D eigenvalue weighted by atomic mass is 79.9. The second kappa shape index (κ2) is 10.1. The Hall–Kier alpha value is -2.53. The summed E-state index contributed by atoms with van der Waals surface area (Å²) in [6, 6.07) is -0.312. The monoisotopic (exact) mass is 619 g/mol. The zero-order chi connectivity index (χ0) is 28.0. The first-order valence-electron chi connectivity index (χ1n) is 8.98. The van der Waals surface area contributed by atoms with Crippen molar-refractivity contribution in [3.63, 3.8) is 0 Å². The Balaban J connectivity index is 3.15. The van der Waals surface area contributed by atoms with Gasteiger partial charge < -0.3 is 9.47 Å². The smallest absolute Gasteiger partial charge is 0.434 e. The van der Waals surface area contributed by atoms with Crippen LogP contribution in [0.3, 0.4) is 0 Å². The number of halogens is 11.